The molecule has 0 saturated heterocycles. The Labute approximate surface area is 94.1 Å². The summed E-state index contributed by atoms with van der Waals surface area (Å²) in [4.78, 5) is 11.9. The van der Waals surface area contributed by atoms with Gasteiger partial charge in [-0.15, -0.1) is 0 Å². The normalized spacial score (nSPS) is 15.3. The molecule has 0 aromatic heterocycles. The van der Waals surface area contributed by atoms with Gasteiger partial charge in [-0.2, -0.15) is 0 Å². The minimum absolute atomic E-state index is 0.0662. The lowest BCUT2D eigenvalue weighted by Gasteiger charge is -2.19. The highest BCUT2D eigenvalue weighted by atomic mass is 16.3. The molecule has 0 heterocycles. The van der Waals surface area contributed by atoms with Crippen molar-refractivity contribution in [3.63, 3.8) is 0 Å². The summed E-state index contributed by atoms with van der Waals surface area (Å²) in [6.07, 6.45) is 4.67. The number of ketones is 1. The van der Waals surface area contributed by atoms with E-state index in [1.54, 1.807) is 6.92 Å². The smallest absolute Gasteiger partial charge is 0.138 e. The third kappa shape index (κ3) is 6.67. The van der Waals surface area contributed by atoms with Gasteiger partial charge in [-0.3, -0.25) is 4.79 Å². The maximum atomic E-state index is 11.9. The summed E-state index contributed by atoms with van der Waals surface area (Å²) in [5, 5.41) is 9.36. The van der Waals surface area contributed by atoms with Crippen LogP contribution in [0.2, 0.25) is 0 Å². The first-order chi connectivity index (χ1) is 6.99. The number of rotatable bonds is 8. The summed E-state index contributed by atoms with van der Waals surface area (Å²) in [6.45, 7) is 7.81. The van der Waals surface area contributed by atoms with E-state index in [2.05, 4.69) is 6.92 Å². The van der Waals surface area contributed by atoms with Crippen LogP contribution >= 0.6 is 0 Å². The number of hydrogen-bond donors (Lipinski definition) is 1. The topological polar surface area (TPSA) is 37.3 Å². The van der Waals surface area contributed by atoms with E-state index < -0.39 is 0 Å². The van der Waals surface area contributed by atoms with Gasteiger partial charge in [0.1, 0.15) is 5.78 Å². The van der Waals surface area contributed by atoms with Gasteiger partial charge in [0.25, 0.3) is 0 Å². The minimum Gasteiger partial charge on any atom is -0.393 e. The van der Waals surface area contributed by atoms with Crippen LogP contribution in [0, 0.1) is 11.8 Å². The van der Waals surface area contributed by atoms with E-state index in [0.717, 1.165) is 12.8 Å². The van der Waals surface area contributed by atoms with E-state index in [9.17, 15) is 9.90 Å². The molecule has 0 aliphatic heterocycles. The molecule has 0 aliphatic carbocycles. The van der Waals surface area contributed by atoms with Gasteiger partial charge in [-0.05, 0) is 19.8 Å². The average molecular weight is 214 g/mol. The summed E-state index contributed by atoms with van der Waals surface area (Å²) < 4.78 is 0. The molecule has 90 valence electrons. The second-order valence-electron chi connectivity index (χ2n) is 4.83. The van der Waals surface area contributed by atoms with Gasteiger partial charge >= 0.3 is 0 Å². The number of unbranched alkanes of at least 4 members (excludes halogenated alkanes) is 2. The van der Waals surface area contributed by atoms with Crippen molar-refractivity contribution in [2.24, 2.45) is 11.8 Å². The molecule has 2 heteroatoms. The summed E-state index contributed by atoms with van der Waals surface area (Å²) >= 11 is 0. The minimum atomic E-state index is -0.362. The molecule has 0 aliphatic rings. The van der Waals surface area contributed by atoms with E-state index >= 15 is 0 Å². The van der Waals surface area contributed by atoms with Gasteiger partial charge in [-0.1, -0.05) is 40.0 Å². The fraction of sp³-hybridized carbons (Fsp3) is 0.923. The Morgan fingerprint density at radius 3 is 2.20 bits per heavy atom. The second kappa shape index (κ2) is 7.86. The van der Waals surface area contributed by atoms with Crippen molar-refractivity contribution in [1.29, 1.82) is 0 Å². The molecule has 0 spiro atoms. The number of carbonyl (C=O) groups excluding carboxylic acids is 1. The molecule has 0 amide bonds. The van der Waals surface area contributed by atoms with Crippen molar-refractivity contribution < 1.29 is 9.90 Å². The van der Waals surface area contributed by atoms with Crippen molar-refractivity contribution in [2.45, 2.75) is 65.9 Å². The monoisotopic (exact) mass is 214 g/mol. The third-order valence-electron chi connectivity index (χ3n) is 2.75. The first kappa shape index (κ1) is 14.6. The molecule has 0 aromatic rings. The largest absolute Gasteiger partial charge is 0.393 e. The van der Waals surface area contributed by atoms with Gasteiger partial charge in [0.05, 0.1) is 6.10 Å². The number of aliphatic hydroxyl groups is 1. The van der Waals surface area contributed by atoms with Crippen LogP contribution in [0.15, 0.2) is 0 Å². The lowest BCUT2D eigenvalue weighted by atomic mass is 9.86. The third-order valence-corrected chi connectivity index (χ3v) is 2.75. The van der Waals surface area contributed by atoms with Crippen molar-refractivity contribution in [3.8, 4) is 0 Å². The van der Waals surface area contributed by atoms with E-state index in [4.69, 9.17) is 0 Å². The summed E-state index contributed by atoms with van der Waals surface area (Å²) in [7, 11) is 0. The molecule has 1 N–H and O–H groups in total. The Balaban J connectivity index is 4.11. The highest BCUT2D eigenvalue weighted by Crippen LogP contribution is 2.20. The van der Waals surface area contributed by atoms with Crippen molar-refractivity contribution in [1.82, 2.24) is 0 Å². The number of Topliss-reactive ketones (excluding diaryl/α,β-unsaturated/α-hetero) is 1. The van der Waals surface area contributed by atoms with Crippen LogP contribution in [0.3, 0.4) is 0 Å². The predicted octanol–water partition coefficient (Wildman–Crippen LogP) is 3.18. The fourth-order valence-corrected chi connectivity index (χ4v) is 1.90. The van der Waals surface area contributed by atoms with Crippen LogP contribution < -0.4 is 0 Å². The quantitative estimate of drug-likeness (QED) is 0.630. The molecule has 2 unspecified atom stereocenters. The van der Waals surface area contributed by atoms with E-state index in [1.807, 2.05) is 13.8 Å². The maximum Gasteiger partial charge on any atom is 0.138 e. The Bertz CT molecular complexity index is 173. The van der Waals surface area contributed by atoms with Gasteiger partial charge in [0.15, 0.2) is 0 Å². The van der Waals surface area contributed by atoms with E-state index in [-0.39, 0.29) is 17.9 Å². The number of hydrogen-bond acceptors (Lipinski definition) is 2. The lowest BCUT2D eigenvalue weighted by molar-refractivity contribution is -0.127. The molecule has 2 nitrogen and oxygen atoms in total. The van der Waals surface area contributed by atoms with Crippen molar-refractivity contribution in [3.05, 3.63) is 0 Å². The van der Waals surface area contributed by atoms with Crippen LogP contribution in [0.25, 0.3) is 0 Å². The van der Waals surface area contributed by atoms with Gasteiger partial charge < -0.3 is 5.11 Å². The van der Waals surface area contributed by atoms with Gasteiger partial charge in [0, 0.05) is 11.8 Å². The Hall–Kier alpha value is -0.370. The zero-order chi connectivity index (χ0) is 11.8. The number of aliphatic hydroxyl groups excluding tert-OH is 1. The van der Waals surface area contributed by atoms with Gasteiger partial charge in [0.2, 0.25) is 0 Å². The first-order valence-electron chi connectivity index (χ1n) is 6.20. The van der Waals surface area contributed by atoms with Crippen LogP contribution in [-0.2, 0) is 4.79 Å². The second-order valence-corrected chi connectivity index (χ2v) is 4.83. The SMILES string of the molecule is CCCCCC(CC(C)O)C(=O)C(C)C. The van der Waals surface area contributed by atoms with E-state index in [0.29, 0.717) is 12.2 Å². The summed E-state index contributed by atoms with van der Waals surface area (Å²) in [5.41, 5.74) is 0. The van der Waals surface area contributed by atoms with Crippen molar-refractivity contribution >= 4 is 5.78 Å². The standard InChI is InChI=1S/C13H26O2/c1-5-6-7-8-12(9-11(4)14)13(15)10(2)3/h10-12,14H,5-9H2,1-4H3. The lowest BCUT2D eigenvalue weighted by Crippen LogP contribution is -2.23. The molecule has 0 aromatic carbocycles. The Kier molecular flexibility index (Phi) is 7.67. The average Bonchev–Trinajstić information content (AvgIpc) is 2.14. The number of carbonyl (C=O) groups is 1. The summed E-state index contributed by atoms with van der Waals surface area (Å²) in [5.74, 6) is 0.471. The predicted molar refractivity (Wildman–Crippen MR) is 63.8 cm³/mol. The molecule has 2 atom stereocenters. The molecule has 0 rings (SSSR count). The first-order valence-corrected chi connectivity index (χ1v) is 6.20. The molecule has 0 fully saturated rings. The van der Waals surface area contributed by atoms with Crippen LogP contribution in [0.4, 0.5) is 0 Å². The van der Waals surface area contributed by atoms with Crippen LogP contribution in [0.5, 0.6) is 0 Å². The fourth-order valence-electron chi connectivity index (χ4n) is 1.90. The van der Waals surface area contributed by atoms with Crippen LogP contribution in [-0.4, -0.2) is 17.0 Å². The zero-order valence-electron chi connectivity index (χ0n) is 10.6. The van der Waals surface area contributed by atoms with Gasteiger partial charge in [-0.25, -0.2) is 0 Å². The van der Waals surface area contributed by atoms with E-state index in [1.165, 1.54) is 12.8 Å². The molecule has 0 saturated carbocycles. The Morgan fingerprint density at radius 1 is 1.20 bits per heavy atom. The van der Waals surface area contributed by atoms with Crippen molar-refractivity contribution in [2.75, 3.05) is 0 Å². The van der Waals surface area contributed by atoms with Crippen LogP contribution in [0.1, 0.15) is 59.8 Å². The zero-order valence-corrected chi connectivity index (χ0v) is 10.6. The molecular weight excluding hydrogens is 188 g/mol. The Morgan fingerprint density at radius 2 is 1.80 bits per heavy atom. The molecule has 0 bridgehead atoms. The molecular formula is C13H26O2. The highest BCUT2D eigenvalue weighted by molar-refractivity contribution is 5.82. The maximum absolute atomic E-state index is 11.9. The highest BCUT2D eigenvalue weighted by Gasteiger charge is 2.21. The molecule has 0 radical (unpaired) electrons. The molecule has 15 heavy (non-hydrogen) atoms. The summed E-state index contributed by atoms with van der Waals surface area (Å²) in [6, 6.07) is 0.